The summed E-state index contributed by atoms with van der Waals surface area (Å²) >= 11 is 4.82. The zero-order chi connectivity index (χ0) is 17.6. The van der Waals surface area contributed by atoms with Crippen LogP contribution in [-0.2, 0) is 0 Å². The number of benzene rings is 2. The standard InChI is InChI=1S/C19H17BrN2O2S/c1-2-12-25-19-21-17-9-8-15(24-11-10-20)13-16(17)18(23)22(19)14-6-4-3-5-7-14/h2-9,13H,1,10-12H2. The van der Waals surface area contributed by atoms with Gasteiger partial charge in [0, 0.05) is 11.1 Å². The minimum absolute atomic E-state index is 0.105. The Balaban J connectivity index is 2.20. The van der Waals surface area contributed by atoms with Gasteiger partial charge in [-0.25, -0.2) is 4.98 Å². The summed E-state index contributed by atoms with van der Waals surface area (Å²) in [5.41, 5.74) is 1.35. The van der Waals surface area contributed by atoms with Crippen molar-refractivity contribution in [2.45, 2.75) is 5.16 Å². The maximum atomic E-state index is 13.2. The van der Waals surface area contributed by atoms with Gasteiger partial charge >= 0.3 is 0 Å². The normalized spacial score (nSPS) is 10.8. The van der Waals surface area contributed by atoms with E-state index in [1.54, 1.807) is 16.7 Å². The fourth-order valence-corrected chi connectivity index (χ4v) is 3.33. The molecule has 0 unspecified atom stereocenters. The Bertz CT molecular complexity index is 941. The summed E-state index contributed by atoms with van der Waals surface area (Å²) in [4.78, 5) is 17.8. The van der Waals surface area contributed by atoms with E-state index in [1.165, 1.54) is 11.8 Å². The molecule has 0 atom stereocenters. The highest BCUT2D eigenvalue weighted by Gasteiger charge is 2.13. The lowest BCUT2D eigenvalue weighted by molar-refractivity contribution is 0.345. The third-order valence-corrected chi connectivity index (χ3v) is 4.76. The molecule has 6 heteroatoms. The van der Waals surface area contributed by atoms with Crippen LogP contribution in [0.25, 0.3) is 16.6 Å². The number of thioether (sulfide) groups is 1. The molecule has 0 radical (unpaired) electrons. The summed E-state index contributed by atoms with van der Waals surface area (Å²) in [6.45, 7) is 4.29. The zero-order valence-electron chi connectivity index (χ0n) is 13.5. The molecule has 0 spiro atoms. The van der Waals surface area contributed by atoms with Gasteiger partial charge in [-0.15, -0.1) is 6.58 Å². The summed E-state index contributed by atoms with van der Waals surface area (Å²) in [7, 11) is 0. The number of halogens is 1. The molecule has 0 aliphatic rings. The first-order valence-electron chi connectivity index (χ1n) is 7.79. The largest absolute Gasteiger partial charge is 0.493 e. The van der Waals surface area contributed by atoms with Crippen molar-refractivity contribution in [2.75, 3.05) is 17.7 Å². The Hall–Kier alpha value is -2.05. The van der Waals surface area contributed by atoms with Crippen LogP contribution in [-0.4, -0.2) is 27.2 Å². The fraction of sp³-hybridized carbons (Fsp3) is 0.158. The van der Waals surface area contributed by atoms with E-state index < -0.39 is 0 Å². The van der Waals surface area contributed by atoms with Crippen molar-refractivity contribution < 1.29 is 4.74 Å². The number of hydrogen-bond donors (Lipinski definition) is 0. The number of hydrogen-bond acceptors (Lipinski definition) is 4. The summed E-state index contributed by atoms with van der Waals surface area (Å²) < 4.78 is 7.26. The van der Waals surface area contributed by atoms with Crippen molar-refractivity contribution in [3.63, 3.8) is 0 Å². The molecule has 0 saturated heterocycles. The smallest absolute Gasteiger partial charge is 0.266 e. The molecule has 4 nitrogen and oxygen atoms in total. The Morgan fingerprint density at radius 1 is 1.24 bits per heavy atom. The average molecular weight is 417 g/mol. The quantitative estimate of drug-likeness (QED) is 0.247. The second kappa shape index (κ2) is 8.36. The molecule has 0 N–H and O–H groups in total. The third-order valence-electron chi connectivity index (χ3n) is 3.50. The van der Waals surface area contributed by atoms with Gasteiger partial charge in [-0.3, -0.25) is 9.36 Å². The van der Waals surface area contributed by atoms with Crippen molar-refractivity contribution in [3.05, 3.63) is 71.5 Å². The van der Waals surface area contributed by atoms with Gasteiger partial charge < -0.3 is 4.74 Å². The SMILES string of the molecule is C=CCSc1nc2ccc(OCCBr)cc2c(=O)n1-c1ccccc1. The molecule has 25 heavy (non-hydrogen) atoms. The van der Waals surface area contributed by atoms with Crippen LogP contribution in [0, 0.1) is 0 Å². The van der Waals surface area contributed by atoms with Gasteiger partial charge in [0.15, 0.2) is 5.16 Å². The summed E-state index contributed by atoms with van der Waals surface area (Å²) in [6.07, 6.45) is 1.80. The summed E-state index contributed by atoms with van der Waals surface area (Å²) in [5, 5.41) is 1.92. The fourth-order valence-electron chi connectivity index (χ4n) is 2.43. The van der Waals surface area contributed by atoms with E-state index in [0.29, 0.717) is 34.2 Å². The minimum Gasteiger partial charge on any atom is -0.493 e. The second-order valence-corrected chi connectivity index (χ2v) is 6.97. The highest BCUT2D eigenvalue weighted by molar-refractivity contribution is 9.09. The van der Waals surface area contributed by atoms with Crippen LogP contribution >= 0.6 is 27.7 Å². The van der Waals surface area contributed by atoms with E-state index in [9.17, 15) is 4.79 Å². The highest BCUT2D eigenvalue weighted by Crippen LogP contribution is 2.23. The molecule has 128 valence electrons. The number of aromatic nitrogens is 2. The molecule has 2 aromatic carbocycles. The first kappa shape index (κ1) is 17.8. The monoisotopic (exact) mass is 416 g/mol. The van der Waals surface area contributed by atoms with E-state index in [-0.39, 0.29) is 5.56 Å². The lowest BCUT2D eigenvalue weighted by Crippen LogP contribution is -2.21. The van der Waals surface area contributed by atoms with Crippen LogP contribution in [0.15, 0.2) is 71.1 Å². The molecule has 0 amide bonds. The molecule has 0 aliphatic heterocycles. The van der Waals surface area contributed by atoms with Crippen molar-refractivity contribution in [1.82, 2.24) is 9.55 Å². The molecule has 3 rings (SSSR count). The van der Waals surface area contributed by atoms with Crippen LogP contribution in [0.2, 0.25) is 0 Å². The van der Waals surface area contributed by atoms with Gasteiger partial charge in [-0.1, -0.05) is 52.0 Å². The van der Waals surface area contributed by atoms with E-state index in [4.69, 9.17) is 4.74 Å². The van der Waals surface area contributed by atoms with Crippen LogP contribution < -0.4 is 10.3 Å². The van der Waals surface area contributed by atoms with E-state index in [2.05, 4.69) is 27.5 Å². The maximum Gasteiger partial charge on any atom is 0.266 e. The molecule has 3 aromatic rings. The molecule has 0 saturated carbocycles. The predicted molar refractivity (Wildman–Crippen MR) is 108 cm³/mol. The Morgan fingerprint density at radius 2 is 2.04 bits per heavy atom. The van der Waals surface area contributed by atoms with Gasteiger partial charge in [-0.2, -0.15) is 0 Å². The van der Waals surface area contributed by atoms with Crippen molar-refractivity contribution in [1.29, 1.82) is 0 Å². The van der Waals surface area contributed by atoms with Gasteiger partial charge in [-0.05, 0) is 30.3 Å². The van der Waals surface area contributed by atoms with Gasteiger partial charge in [0.05, 0.1) is 23.2 Å². The number of alkyl halides is 1. The topological polar surface area (TPSA) is 44.1 Å². The van der Waals surface area contributed by atoms with Crippen LogP contribution in [0.4, 0.5) is 0 Å². The average Bonchev–Trinajstić information content (AvgIpc) is 2.65. The number of para-hydroxylation sites is 1. The molecular formula is C19H17BrN2O2S. The van der Waals surface area contributed by atoms with Crippen LogP contribution in [0.3, 0.4) is 0 Å². The first-order valence-corrected chi connectivity index (χ1v) is 9.90. The highest BCUT2D eigenvalue weighted by atomic mass is 79.9. The lowest BCUT2D eigenvalue weighted by atomic mass is 10.2. The Kier molecular flexibility index (Phi) is 5.94. The van der Waals surface area contributed by atoms with Crippen LogP contribution in [0.5, 0.6) is 5.75 Å². The number of rotatable bonds is 7. The molecule has 1 heterocycles. The number of fused-ring (bicyclic) bond motifs is 1. The molecule has 0 fully saturated rings. The maximum absolute atomic E-state index is 13.2. The van der Waals surface area contributed by atoms with Gasteiger partial charge in [0.2, 0.25) is 0 Å². The summed E-state index contributed by atoms with van der Waals surface area (Å²) in [5.74, 6) is 1.34. The van der Waals surface area contributed by atoms with Crippen LogP contribution in [0.1, 0.15) is 0 Å². The third kappa shape index (κ3) is 3.96. The van der Waals surface area contributed by atoms with Crippen molar-refractivity contribution in [3.8, 4) is 11.4 Å². The van der Waals surface area contributed by atoms with E-state index in [0.717, 1.165) is 11.0 Å². The van der Waals surface area contributed by atoms with E-state index in [1.807, 2.05) is 42.5 Å². The molecule has 1 aromatic heterocycles. The van der Waals surface area contributed by atoms with Gasteiger partial charge in [0.1, 0.15) is 5.75 Å². The van der Waals surface area contributed by atoms with Crippen molar-refractivity contribution in [2.24, 2.45) is 0 Å². The second-order valence-electron chi connectivity index (χ2n) is 5.19. The first-order chi connectivity index (χ1) is 12.2. The lowest BCUT2D eigenvalue weighted by Gasteiger charge is -2.13. The molecule has 0 bridgehead atoms. The van der Waals surface area contributed by atoms with Gasteiger partial charge in [0.25, 0.3) is 5.56 Å². The zero-order valence-corrected chi connectivity index (χ0v) is 15.9. The Labute approximate surface area is 158 Å². The van der Waals surface area contributed by atoms with E-state index >= 15 is 0 Å². The summed E-state index contributed by atoms with van der Waals surface area (Å²) in [6, 6.07) is 15.0. The molecule has 0 aliphatic carbocycles. The Morgan fingerprint density at radius 3 is 2.76 bits per heavy atom. The molecular weight excluding hydrogens is 400 g/mol. The minimum atomic E-state index is -0.105. The predicted octanol–water partition coefficient (Wildman–Crippen LogP) is 4.44. The number of nitrogens with zero attached hydrogens (tertiary/aromatic N) is 2. The number of ether oxygens (including phenoxy) is 1. The van der Waals surface area contributed by atoms with Crippen molar-refractivity contribution >= 4 is 38.6 Å².